The average molecular weight is 457 g/mol. The molecule has 2 amide bonds. The molecule has 0 atom stereocenters. The molecule has 3 aromatic rings. The van der Waals surface area contributed by atoms with Crippen LogP contribution < -0.4 is 15.4 Å². The van der Waals surface area contributed by atoms with Crippen LogP contribution in [0.3, 0.4) is 0 Å². The molecular formula is C21H21BrN4O3. The van der Waals surface area contributed by atoms with Crippen molar-refractivity contribution >= 4 is 33.4 Å². The van der Waals surface area contributed by atoms with Gasteiger partial charge in [-0.25, -0.2) is 4.68 Å². The van der Waals surface area contributed by atoms with E-state index in [4.69, 9.17) is 4.74 Å². The molecule has 0 unspecified atom stereocenters. The third-order valence-corrected chi connectivity index (χ3v) is 5.67. The summed E-state index contributed by atoms with van der Waals surface area (Å²) in [6.45, 7) is 3.89. The molecule has 0 fully saturated rings. The van der Waals surface area contributed by atoms with Crippen molar-refractivity contribution in [1.29, 1.82) is 0 Å². The fraction of sp³-hybridized carbons (Fsp3) is 0.190. The molecule has 0 saturated carbocycles. The number of benzene rings is 2. The van der Waals surface area contributed by atoms with Crippen LogP contribution in [0.5, 0.6) is 5.75 Å². The van der Waals surface area contributed by atoms with Crippen LogP contribution in [0.2, 0.25) is 0 Å². The maximum atomic E-state index is 12.7. The zero-order valence-corrected chi connectivity index (χ0v) is 18.1. The number of aromatic nitrogens is 2. The van der Waals surface area contributed by atoms with Gasteiger partial charge in [0.2, 0.25) is 0 Å². The van der Waals surface area contributed by atoms with Crippen LogP contribution in [0, 0.1) is 13.8 Å². The molecule has 1 aromatic heterocycles. The molecule has 3 rings (SSSR count). The summed E-state index contributed by atoms with van der Waals surface area (Å²) in [5.74, 6) is -0.104. The van der Waals surface area contributed by atoms with Gasteiger partial charge in [0.1, 0.15) is 5.75 Å². The van der Waals surface area contributed by atoms with Crippen molar-refractivity contribution in [3.8, 4) is 11.4 Å². The summed E-state index contributed by atoms with van der Waals surface area (Å²) < 4.78 is 7.94. The number of anilines is 1. The van der Waals surface area contributed by atoms with Crippen LogP contribution in [0.1, 0.15) is 32.1 Å². The van der Waals surface area contributed by atoms with Crippen molar-refractivity contribution in [3.63, 3.8) is 0 Å². The number of nitrogens with zero attached hydrogens (tertiary/aromatic N) is 2. The van der Waals surface area contributed by atoms with Crippen molar-refractivity contribution in [2.75, 3.05) is 19.5 Å². The van der Waals surface area contributed by atoms with E-state index < -0.39 is 0 Å². The van der Waals surface area contributed by atoms with E-state index in [1.54, 1.807) is 30.3 Å². The van der Waals surface area contributed by atoms with Crippen molar-refractivity contribution in [2.45, 2.75) is 13.8 Å². The molecule has 150 valence electrons. The highest BCUT2D eigenvalue weighted by Gasteiger charge is 2.16. The number of methoxy groups -OCH3 is 1. The van der Waals surface area contributed by atoms with Crippen LogP contribution >= 0.6 is 15.9 Å². The maximum absolute atomic E-state index is 12.7. The summed E-state index contributed by atoms with van der Waals surface area (Å²) in [6, 6.07) is 12.0. The average Bonchev–Trinajstić information content (AvgIpc) is 3.00. The lowest BCUT2D eigenvalue weighted by Gasteiger charge is -2.12. The standard InChI is InChI=1S/C21H21BrN4O3/c1-12-19(22)13(2)26(25-12)15-7-5-14(6-8-15)20(27)24-18-10-9-16(29-4)11-17(18)21(28)23-3/h5-11H,1-4H3,(H,23,28)(H,24,27). The third-order valence-electron chi connectivity index (χ3n) is 4.52. The summed E-state index contributed by atoms with van der Waals surface area (Å²) in [5, 5.41) is 9.85. The van der Waals surface area contributed by atoms with Gasteiger partial charge in [-0.05, 0) is 72.2 Å². The zero-order chi connectivity index (χ0) is 21.1. The van der Waals surface area contributed by atoms with E-state index in [-0.39, 0.29) is 11.8 Å². The topological polar surface area (TPSA) is 85.3 Å². The fourth-order valence-corrected chi connectivity index (χ4v) is 3.15. The number of carbonyl (C=O) groups excluding carboxylic acids is 2. The summed E-state index contributed by atoms with van der Waals surface area (Å²) in [7, 11) is 3.05. The zero-order valence-electron chi connectivity index (χ0n) is 16.5. The Morgan fingerprint density at radius 1 is 1.07 bits per heavy atom. The predicted molar refractivity (Wildman–Crippen MR) is 115 cm³/mol. The number of halogens is 1. The lowest BCUT2D eigenvalue weighted by atomic mass is 10.1. The Hall–Kier alpha value is -3.13. The number of carbonyl (C=O) groups is 2. The summed E-state index contributed by atoms with van der Waals surface area (Å²) in [5.41, 5.74) is 3.92. The highest BCUT2D eigenvalue weighted by atomic mass is 79.9. The van der Waals surface area contributed by atoms with Crippen molar-refractivity contribution < 1.29 is 14.3 Å². The van der Waals surface area contributed by atoms with E-state index in [0.717, 1.165) is 21.5 Å². The Morgan fingerprint density at radius 2 is 1.76 bits per heavy atom. The second kappa shape index (κ2) is 8.48. The second-order valence-electron chi connectivity index (χ2n) is 6.39. The first kappa shape index (κ1) is 20.6. The van der Waals surface area contributed by atoms with Crippen LogP contribution in [-0.2, 0) is 0 Å². The molecular weight excluding hydrogens is 436 g/mol. The summed E-state index contributed by atoms with van der Waals surface area (Å²) in [4.78, 5) is 24.9. The van der Waals surface area contributed by atoms with Gasteiger partial charge in [-0.15, -0.1) is 0 Å². The van der Waals surface area contributed by atoms with Gasteiger partial charge >= 0.3 is 0 Å². The van der Waals surface area contributed by atoms with Gasteiger partial charge in [-0.3, -0.25) is 9.59 Å². The van der Waals surface area contributed by atoms with Gasteiger partial charge in [0.15, 0.2) is 0 Å². The van der Waals surface area contributed by atoms with Crippen molar-refractivity contribution in [2.24, 2.45) is 0 Å². The number of aryl methyl sites for hydroxylation is 1. The third kappa shape index (κ3) is 4.17. The SMILES string of the molecule is CNC(=O)c1cc(OC)ccc1NC(=O)c1ccc(-n2nc(C)c(Br)c2C)cc1. The van der Waals surface area contributed by atoms with E-state index in [1.807, 2.05) is 30.7 Å². The van der Waals surface area contributed by atoms with Crippen LogP contribution in [-0.4, -0.2) is 35.8 Å². The van der Waals surface area contributed by atoms with E-state index in [1.165, 1.54) is 14.2 Å². The Morgan fingerprint density at radius 3 is 2.31 bits per heavy atom. The smallest absolute Gasteiger partial charge is 0.255 e. The quantitative estimate of drug-likeness (QED) is 0.609. The van der Waals surface area contributed by atoms with E-state index in [9.17, 15) is 9.59 Å². The monoisotopic (exact) mass is 456 g/mol. The Balaban J connectivity index is 1.85. The van der Waals surface area contributed by atoms with Crippen molar-refractivity contribution in [3.05, 3.63) is 69.5 Å². The maximum Gasteiger partial charge on any atom is 0.255 e. The number of hydrogen-bond donors (Lipinski definition) is 2. The number of hydrogen-bond acceptors (Lipinski definition) is 4. The molecule has 0 aliphatic carbocycles. The first-order chi connectivity index (χ1) is 13.8. The second-order valence-corrected chi connectivity index (χ2v) is 7.18. The molecule has 8 heteroatoms. The molecule has 0 aliphatic heterocycles. The van der Waals surface area contributed by atoms with Gasteiger partial charge < -0.3 is 15.4 Å². The lowest BCUT2D eigenvalue weighted by molar-refractivity contribution is 0.0963. The van der Waals surface area contributed by atoms with Crippen LogP contribution in [0.15, 0.2) is 46.9 Å². The number of rotatable bonds is 5. The molecule has 29 heavy (non-hydrogen) atoms. The molecule has 2 N–H and O–H groups in total. The highest BCUT2D eigenvalue weighted by Crippen LogP contribution is 2.24. The van der Waals surface area contributed by atoms with Crippen molar-refractivity contribution in [1.82, 2.24) is 15.1 Å². The van der Waals surface area contributed by atoms with Gasteiger partial charge in [-0.1, -0.05) is 0 Å². The number of amides is 2. The van der Waals surface area contributed by atoms with Crippen LogP contribution in [0.25, 0.3) is 5.69 Å². The molecule has 0 bridgehead atoms. The van der Waals surface area contributed by atoms with Gasteiger partial charge in [0, 0.05) is 12.6 Å². The van der Waals surface area contributed by atoms with E-state index in [2.05, 4.69) is 31.7 Å². The summed E-state index contributed by atoms with van der Waals surface area (Å²) >= 11 is 3.52. The predicted octanol–water partition coefficient (Wildman–Crippen LogP) is 3.87. The first-order valence-electron chi connectivity index (χ1n) is 8.89. The molecule has 0 saturated heterocycles. The van der Waals surface area contributed by atoms with E-state index >= 15 is 0 Å². The number of ether oxygens (including phenoxy) is 1. The van der Waals surface area contributed by atoms with Gasteiger partial charge in [0.25, 0.3) is 11.8 Å². The molecule has 7 nitrogen and oxygen atoms in total. The summed E-state index contributed by atoms with van der Waals surface area (Å²) in [6.07, 6.45) is 0. The molecule has 1 heterocycles. The van der Waals surface area contributed by atoms with E-state index in [0.29, 0.717) is 22.6 Å². The van der Waals surface area contributed by atoms with Gasteiger partial charge in [0.05, 0.1) is 39.9 Å². The highest BCUT2D eigenvalue weighted by molar-refractivity contribution is 9.10. The Labute approximate surface area is 177 Å². The fourth-order valence-electron chi connectivity index (χ4n) is 2.91. The number of nitrogens with one attached hydrogen (secondary N) is 2. The molecule has 0 aliphatic rings. The molecule has 0 spiro atoms. The van der Waals surface area contributed by atoms with Gasteiger partial charge in [-0.2, -0.15) is 5.10 Å². The molecule has 0 radical (unpaired) electrons. The Kier molecular flexibility index (Phi) is 6.03. The Bertz CT molecular complexity index is 1070. The largest absolute Gasteiger partial charge is 0.497 e. The lowest BCUT2D eigenvalue weighted by Crippen LogP contribution is -2.21. The minimum Gasteiger partial charge on any atom is -0.497 e. The molecule has 2 aromatic carbocycles. The first-order valence-corrected chi connectivity index (χ1v) is 9.68. The minimum absolute atomic E-state index is 0.315. The normalized spacial score (nSPS) is 10.5. The van der Waals surface area contributed by atoms with Crippen LogP contribution in [0.4, 0.5) is 5.69 Å². The minimum atomic E-state index is -0.318.